The Kier molecular flexibility index (Phi) is 3.91. The number of nitriles is 1. The van der Waals surface area contributed by atoms with Crippen molar-refractivity contribution < 1.29 is 4.74 Å². The van der Waals surface area contributed by atoms with E-state index in [4.69, 9.17) is 4.74 Å². The van der Waals surface area contributed by atoms with E-state index in [-0.39, 0.29) is 5.54 Å². The molecule has 0 radical (unpaired) electrons. The second-order valence-electron chi connectivity index (χ2n) is 4.17. The lowest BCUT2D eigenvalue weighted by Crippen LogP contribution is -2.54. The van der Waals surface area contributed by atoms with E-state index in [0.29, 0.717) is 5.92 Å². The molecule has 0 N–H and O–H groups in total. The molecular weight excluding hydrogens is 176 g/mol. The first kappa shape index (κ1) is 11.5. The van der Waals surface area contributed by atoms with Gasteiger partial charge in [0.2, 0.25) is 0 Å². The molecule has 0 aromatic heterocycles. The summed E-state index contributed by atoms with van der Waals surface area (Å²) in [5, 5.41) is 9.31. The number of hydrogen-bond acceptors (Lipinski definition) is 3. The highest BCUT2D eigenvalue weighted by molar-refractivity contribution is 5.08. The van der Waals surface area contributed by atoms with E-state index in [2.05, 4.69) is 24.8 Å². The Morgan fingerprint density at radius 3 is 2.50 bits per heavy atom. The number of nitrogens with zero attached hydrogens (tertiary/aromatic N) is 2. The molecule has 2 atom stereocenters. The van der Waals surface area contributed by atoms with Crippen LogP contribution in [-0.4, -0.2) is 36.7 Å². The zero-order valence-electron chi connectivity index (χ0n) is 9.42. The average Bonchev–Trinajstić information content (AvgIpc) is 2.28. The molecule has 0 aromatic carbocycles. The minimum Gasteiger partial charge on any atom is -0.379 e. The lowest BCUT2D eigenvalue weighted by Gasteiger charge is -2.41. The van der Waals surface area contributed by atoms with Crippen molar-refractivity contribution in [3.05, 3.63) is 0 Å². The highest BCUT2D eigenvalue weighted by Crippen LogP contribution is 2.27. The van der Waals surface area contributed by atoms with Gasteiger partial charge in [-0.05, 0) is 12.8 Å². The zero-order chi connectivity index (χ0) is 10.6. The van der Waals surface area contributed by atoms with E-state index >= 15 is 0 Å². The maximum Gasteiger partial charge on any atom is 0.109 e. The van der Waals surface area contributed by atoms with Gasteiger partial charge in [0.05, 0.1) is 19.3 Å². The first-order chi connectivity index (χ1) is 6.65. The van der Waals surface area contributed by atoms with Crippen LogP contribution in [0.15, 0.2) is 0 Å². The standard InChI is InChI=1S/C11H20N2O/c1-4-10(2)11(3,9-12)13-5-7-14-8-6-13/h10H,4-8H2,1-3H3. The predicted molar refractivity (Wildman–Crippen MR) is 55.9 cm³/mol. The molecule has 0 saturated carbocycles. The molecular formula is C11H20N2O. The molecule has 1 aliphatic heterocycles. The second-order valence-corrected chi connectivity index (χ2v) is 4.17. The number of ether oxygens (including phenoxy) is 1. The summed E-state index contributed by atoms with van der Waals surface area (Å²) in [5.41, 5.74) is -0.321. The van der Waals surface area contributed by atoms with E-state index in [1.165, 1.54) is 0 Å². The molecule has 14 heavy (non-hydrogen) atoms. The predicted octanol–water partition coefficient (Wildman–Crippen LogP) is 1.65. The van der Waals surface area contributed by atoms with Crippen LogP contribution in [0.3, 0.4) is 0 Å². The summed E-state index contributed by atoms with van der Waals surface area (Å²) in [5.74, 6) is 0.408. The molecule has 1 rings (SSSR count). The largest absolute Gasteiger partial charge is 0.379 e. The molecule has 1 aliphatic rings. The Labute approximate surface area is 86.6 Å². The minimum absolute atomic E-state index is 0.321. The summed E-state index contributed by atoms with van der Waals surface area (Å²) >= 11 is 0. The summed E-state index contributed by atoms with van der Waals surface area (Å²) in [4.78, 5) is 2.25. The van der Waals surface area contributed by atoms with Crippen molar-refractivity contribution in [2.45, 2.75) is 32.7 Å². The Hall–Kier alpha value is -0.590. The lowest BCUT2D eigenvalue weighted by molar-refractivity contribution is -0.0147. The molecule has 1 heterocycles. The quantitative estimate of drug-likeness (QED) is 0.688. The van der Waals surface area contributed by atoms with Crippen LogP contribution < -0.4 is 0 Å². The fraction of sp³-hybridized carbons (Fsp3) is 0.909. The molecule has 0 aromatic rings. The summed E-state index contributed by atoms with van der Waals surface area (Å²) in [6, 6.07) is 2.47. The van der Waals surface area contributed by atoms with E-state index in [1.54, 1.807) is 0 Å². The van der Waals surface area contributed by atoms with Gasteiger partial charge < -0.3 is 4.74 Å². The summed E-state index contributed by atoms with van der Waals surface area (Å²) in [6.45, 7) is 9.62. The van der Waals surface area contributed by atoms with Crippen LogP contribution in [-0.2, 0) is 4.74 Å². The first-order valence-corrected chi connectivity index (χ1v) is 5.39. The molecule has 2 unspecified atom stereocenters. The number of morpholine rings is 1. The lowest BCUT2D eigenvalue weighted by atomic mass is 9.84. The molecule has 80 valence electrons. The van der Waals surface area contributed by atoms with Crippen LogP contribution in [0.2, 0.25) is 0 Å². The van der Waals surface area contributed by atoms with Crippen LogP contribution >= 0.6 is 0 Å². The molecule has 1 fully saturated rings. The monoisotopic (exact) mass is 196 g/mol. The SMILES string of the molecule is CCC(C)C(C)(C#N)N1CCOCC1. The number of rotatable bonds is 3. The highest BCUT2D eigenvalue weighted by Gasteiger charge is 2.37. The smallest absolute Gasteiger partial charge is 0.109 e. The third-order valence-corrected chi connectivity index (χ3v) is 3.47. The van der Waals surface area contributed by atoms with Crippen LogP contribution in [0, 0.1) is 17.2 Å². The van der Waals surface area contributed by atoms with Crippen LogP contribution in [0.1, 0.15) is 27.2 Å². The van der Waals surface area contributed by atoms with E-state index in [9.17, 15) is 5.26 Å². The van der Waals surface area contributed by atoms with Gasteiger partial charge in [0.15, 0.2) is 0 Å². The van der Waals surface area contributed by atoms with Crippen molar-refractivity contribution in [3.63, 3.8) is 0 Å². The minimum atomic E-state index is -0.321. The maximum absolute atomic E-state index is 9.31. The topological polar surface area (TPSA) is 36.3 Å². The average molecular weight is 196 g/mol. The third-order valence-electron chi connectivity index (χ3n) is 3.47. The highest BCUT2D eigenvalue weighted by atomic mass is 16.5. The van der Waals surface area contributed by atoms with Gasteiger partial charge in [-0.1, -0.05) is 20.3 Å². The molecule has 0 aliphatic carbocycles. The zero-order valence-corrected chi connectivity index (χ0v) is 9.42. The Morgan fingerprint density at radius 2 is 2.07 bits per heavy atom. The Morgan fingerprint density at radius 1 is 1.50 bits per heavy atom. The number of hydrogen-bond donors (Lipinski definition) is 0. The van der Waals surface area contributed by atoms with Crippen molar-refractivity contribution >= 4 is 0 Å². The molecule has 0 spiro atoms. The molecule has 3 heteroatoms. The van der Waals surface area contributed by atoms with E-state index in [1.807, 2.05) is 6.92 Å². The fourth-order valence-electron chi connectivity index (χ4n) is 1.92. The van der Waals surface area contributed by atoms with Gasteiger partial charge in [-0.25, -0.2) is 0 Å². The van der Waals surface area contributed by atoms with Gasteiger partial charge in [-0.15, -0.1) is 0 Å². The van der Waals surface area contributed by atoms with Crippen molar-refractivity contribution in [2.24, 2.45) is 5.92 Å². The second kappa shape index (κ2) is 4.77. The van der Waals surface area contributed by atoms with Gasteiger partial charge in [-0.2, -0.15) is 5.26 Å². The van der Waals surface area contributed by atoms with Crippen molar-refractivity contribution in [1.82, 2.24) is 4.90 Å². The molecule has 0 amide bonds. The summed E-state index contributed by atoms with van der Waals surface area (Å²) in [6.07, 6.45) is 1.04. The third kappa shape index (κ3) is 2.08. The van der Waals surface area contributed by atoms with Gasteiger partial charge in [0.1, 0.15) is 5.54 Å². The van der Waals surface area contributed by atoms with Gasteiger partial charge in [0.25, 0.3) is 0 Å². The van der Waals surface area contributed by atoms with Crippen LogP contribution in [0.25, 0.3) is 0 Å². The normalized spacial score (nSPS) is 25.0. The maximum atomic E-state index is 9.31. The molecule has 1 saturated heterocycles. The van der Waals surface area contributed by atoms with Crippen molar-refractivity contribution in [2.75, 3.05) is 26.3 Å². The van der Waals surface area contributed by atoms with Crippen LogP contribution in [0.5, 0.6) is 0 Å². The molecule has 0 bridgehead atoms. The molecule has 3 nitrogen and oxygen atoms in total. The first-order valence-electron chi connectivity index (χ1n) is 5.39. The van der Waals surface area contributed by atoms with Gasteiger partial charge in [-0.3, -0.25) is 4.90 Å². The summed E-state index contributed by atoms with van der Waals surface area (Å²) < 4.78 is 5.30. The fourth-order valence-corrected chi connectivity index (χ4v) is 1.92. The Bertz CT molecular complexity index is 218. The van der Waals surface area contributed by atoms with Gasteiger partial charge >= 0.3 is 0 Å². The summed E-state index contributed by atoms with van der Waals surface area (Å²) in [7, 11) is 0. The Balaban J connectivity index is 2.72. The van der Waals surface area contributed by atoms with Gasteiger partial charge in [0, 0.05) is 13.1 Å². The van der Waals surface area contributed by atoms with Crippen molar-refractivity contribution in [3.8, 4) is 6.07 Å². The van der Waals surface area contributed by atoms with E-state index < -0.39 is 0 Å². The van der Waals surface area contributed by atoms with Crippen molar-refractivity contribution in [1.29, 1.82) is 5.26 Å². The van der Waals surface area contributed by atoms with Crippen LogP contribution in [0.4, 0.5) is 0 Å². The van der Waals surface area contributed by atoms with E-state index in [0.717, 1.165) is 32.7 Å².